The Balaban J connectivity index is 1.31. The van der Waals surface area contributed by atoms with E-state index in [0.29, 0.717) is 31.2 Å². The normalized spacial score (nSPS) is 22.7. The minimum Gasteiger partial charge on any atom is -0.481 e. The van der Waals surface area contributed by atoms with Crippen molar-refractivity contribution in [2.75, 3.05) is 19.6 Å². The van der Waals surface area contributed by atoms with Crippen LogP contribution in [-0.2, 0) is 51.2 Å². The number of aromatic nitrogens is 1. The number of aliphatic imine (C=N–C) groups is 1. The average molecular weight is 954 g/mol. The summed E-state index contributed by atoms with van der Waals surface area (Å²) in [4.78, 5) is 119. The van der Waals surface area contributed by atoms with Crippen LogP contribution in [0.2, 0.25) is 0 Å². The van der Waals surface area contributed by atoms with Crippen LogP contribution in [0.1, 0.15) is 101 Å². The molecule has 2 saturated heterocycles. The number of nitrogens with one attached hydrogen (secondary N) is 7. The molecule has 3 aliphatic rings. The van der Waals surface area contributed by atoms with Gasteiger partial charge < -0.3 is 58.4 Å². The number of benzene rings is 2. The van der Waals surface area contributed by atoms with E-state index in [2.05, 4.69) is 41.9 Å². The van der Waals surface area contributed by atoms with Crippen LogP contribution in [0.3, 0.4) is 0 Å². The summed E-state index contributed by atoms with van der Waals surface area (Å²) in [7, 11) is 0. The molecule has 20 heteroatoms. The van der Waals surface area contributed by atoms with E-state index in [1.54, 1.807) is 36.5 Å². The maximum Gasteiger partial charge on any atom is 0.303 e. The fourth-order valence-electron chi connectivity index (χ4n) is 9.52. The summed E-state index contributed by atoms with van der Waals surface area (Å²) >= 11 is 0. The molecule has 0 bridgehead atoms. The van der Waals surface area contributed by atoms with E-state index in [0.717, 1.165) is 48.6 Å². The fourth-order valence-corrected chi connectivity index (χ4v) is 9.52. The number of rotatable bonds is 16. The summed E-state index contributed by atoms with van der Waals surface area (Å²) < 4.78 is 0. The molecule has 3 heterocycles. The summed E-state index contributed by atoms with van der Waals surface area (Å²) in [6, 6.07) is 9.67. The highest BCUT2D eigenvalue weighted by Gasteiger charge is 2.41. The fraction of sp³-hybridized carbons (Fsp3) is 0.531. The van der Waals surface area contributed by atoms with Gasteiger partial charge in [-0.15, -0.1) is 0 Å². The maximum absolute atomic E-state index is 14.7. The number of hydrogen-bond acceptors (Lipinski definition) is 9. The molecule has 2 aliphatic heterocycles. The summed E-state index contributed by atoms with van der Waals surface area (Å²) in [6.45, 7) is 0.375. The molecule has 0 spiro atoms. The second-order valence-electron chi connectivity index (χ2n) is 18.3. The first kappa shape index (κ1) is 51.4. The highest BCUT2D eigenvalue weighted by Crippen LogP contribution is 2.28. The molecule has 6 atom stereocenters. The second kappa shape index (κ2) is 25.4. The second-order valence-corrected chi connectivity index (χ2v) is 18.3. The number of carbonyl (C=O) groups excluding carboxylic acids is 7. The zero-order chi connectivity index (χ0) is 49.3. The zero-order valence-electron chi connectivity index (χ0n) is 39.0. The van der Waals surface area contributed by atoms with Crippen molar-refractivity contribution in [2.24, 2.45) is 22.4 Å². The van der Waals surface area contributed by atoms with Crippen molar-refractivity contribution in [3.63, 3.8) is 0 Å². The van der Waals surface area contributed by atoms with E-state index in [4.69, 9.17) is 11.5 Å². The number of nitrogens with two attached hydrogens (primary N) is 2. The minimum atomic E-state index is -1.22. The van der Waals surface area contributed by atoms with Gasteiger partial charge in [0.25, 0.3) is 0 Å². The lowest BCUT2D eigenvalue weighted by Gasteiger charge is -2.32. The van der Waals surface area contributed by atoms with Gasteiger partial charge in [-0.05, 0) is 68.1 Å². The zero-order valence-corrected chi connectivity index (χ0v) is 39.0. The molecule has 1 aliphatic carbocycles. The van der Waals surface area contributed by atoms with Crippen molar-refractivity contribution in [2.45, 2.75) is 139 Å². The SMILES string of the molecule is NC(N)=NCCCC1NC(=O)C(Cc2c[nH]c3ccccc23)NC(=O)[C@@H](CC2CCCCC2)NC(=O)C2CCCN2C(=O)[C@@H](NC(=O)[C@H](Cc2ccccc2)NC(=O)CCC(=O)O)CCCNC1=O. The van der Waals surface area contributed by atoms with Gasteiger partial charge in [0.1, 0.15) is 36.3 Å². The van der Waals surface area contributed by atoms with Crippen molar-refractivity contribution in [3.05, 3.63) is 71.9 Å². The molecule has 0 radical (unpaired) electrons. The maximum atomic E-state index is 14.7. The van der Waals surface area contributed by atoms with Gasteiger partial charge in [0.2, 0.25) is 41.4 Å². The highest BCUT2D eigenvalue weighted by atomic mass is 16.4. The molecule has 20 nitrogen and oxygen atoms in total. The molecule has 1 saturated carbocycles. The monoisotopic (exact) mass is 954 g/mol. The molecule has 1 aromatic heterocycles. The van der Waals surface area contributed by atoms with E-state index >= 15 is 0 Å². The number of H-pyrrole nitrogens is 1. The molecular formula is C49H67N11O9. The Morgan fingerprint density at radius 2 is 1.49 bits per heavy atom. The molecule has 12 N–H and O–H groups in total. The Hall–Kier alpha value is -6.99. The third-order valence-electron chi connectivity index (χ3n) is 13.2. The molecule has 7 amide bonds. The van der Waals surface area contributed by atoms with Gasteiger partial charge >= 0.3 is 5.97 Å². The number of aromatic amines is 1. The van der Waals surface area contributed by atoms with Gasteiger partial charge in [0.15, 0.2) is 5.96 Å². The highest BCUT2D eigenvalue weighted by molar-refractivity contribution is 5.98. The van der Waals surface area contributed by atoms with E-state index in [1.807, 2.05) is 24.3 Å². The Labute approximate surface area is 401 Å². The van der Waals surface area contributed by atoms with Crippen LogP contribution in [0.5, 0.6) is 0 Å². The molecular weight excluding hydrogens is 887 g/mol. The molecule has 69 heavy (non-hydrogen) atoms. The topological polar surface area (TPSA) is 312 Å². The van der Waals surface area contributed by atoms with Crippen LogP contribution < -0.4 is 43.4 Å². The van der Waals surface area contributed by atoms with Crippen molar-refractivity contribution in [1.82, 2.24) is 41.8 Å². The van der Waals surface area contributed by atoms with Crippen LogP contribution in [-0.4, -0.2) is 124 Å². The van der Waals surface area contributed by atoms with Crippen molar-refractivity contribution in [3.8, 4) is 0 Å². The minimum absolute atomic E-state index is 0.00162. The molecule has 3 aromatic rings. The number of amides is 7. The number of nitrogens with zero attached hydrogens (tertiary/aromatic N) is 2. The molecule has 3 fully saturated rings. The van der Waals surface area contributed by atoms with E-state index < -0.39 is 90.0 Å². The van der Waals surface area contributed by atoms with E-state index in [1.165, 1.54) is 4.90 Å². The predicted octanol–water partition coefficient (Wildman–Crippen LogP) is 1.17. The van der Waals surface area contributed by atoms with Gasteiger partial charge in [-0.25, -0.2) is 0 Å². The largest absolute Gasteiger partial charge is 0.481 e. The third-order valence-corrected chi connectivity index (χ3v) is 13.2. The van der Waals surface area contributed by atoms with Crippen LogP contribution in [0, 0.1) is 5.92 Å². The first-order chi connectivity index (χ1) is 33.2. The van der Waals surface area contributed by atoms with Crippen molar-refractivity contribution in [1.29, 1.82) is 0 Å². The molecule has 3 unspecified atom stereocenters. The molecule has 6 rings (SSSR count). The van der Waals surface area contributed by atoms with E-state index in [-0.39, 0.29) is 70.0 Å². The number of para-hydroxylation sites is 1. The summed E-state index contributed by atoms with van der Waals surface area (Å²) in [5.74, 6) is -5.40. The number of aliphatic carboxylic acids is 1. The van der Waals surface area contributed by atoms with E-state index in [9.17, 15) is 43.5 Å². The predicted molar refractivity (Wildman–Crippen MR) is 257 cm³/mol. The van der Waals surface area contributed by atoms with Crippen LogP contribution in [0.15, 0.2) is 65.8 Å². The summed E-state index contributed by atoms with van der Waals surface area (Å²) in [5.41, 5.74) is 13.4. The smallest absolute Gasteiger partial charge is 0.303 e. The van der Waals surface area contributed by atoms with Gasteiger partial charge in [0, 0.05) is 56.0 Å². The Bertz CT molecular complexity index is 2310. The number of hydrogen-bond donors (Lipinski definition) is 10. The Morgan fingerprint density at radius 1 is 0.783 bits per heavy atom. The summed E-state index contributed by atoms with van der Waals surface area (Å²) in [5, 5.41) is 27.2. The number of guanidine groups is 1. The average Bonchev–Trinajstić information content (AvgIpc) is 4.00. The Morgan fingerprint density at radius 3 is 2.25 bits per heavy atom. The first-order valence-electron chi connectivity index (χ1n) is 24.2. The van der Waals surface area contributed by atoms with Crippen LogP contribution in [0.25, 0.3) is 10.9 Å². The number of carboxylic acid groups (broad SMARTS) is 1. The standard InChI is InChI=1S/C49H67N11O9/c50-49(51)53-24-9-18-35-43(64)52-23-10-19-36(57-44(65)37(26-30-12-3-1-4-13-30)55-41(61)21-22-42(62)63)48(69)60-25-11-20-40(60)47(68)59-38(27-31-14-5-2-6-15-31)45(66)58-39(46(67)56-35)28-32-29-54-34-17-8-7-16-33(32)34/h1,3-4,7-8,12-13,16-17,29,31,35-40,54H,2,5-6,9-11,14-15,18-28H2,(H,52,64)(H,55,61)(H,56,67)(H,57,65)(H,58,66)(H,59,68)(H,62,63)(H4,50,51,53)/t35?,36-,37-,38+,39?,40?/m0/s1. The van der Waals surface area contributed by atoms with Crippen LogP contribution in [0.4, 0.5) is 0 Å². The lowest BCUT2D eigenvalue weighted by atomic mass is 9.84. The van der Waals surface area contributed by atoms with Gasteiger partial charge in [0.05, 0.1) is 6.42 Å². The number of carboxylic acids is 1. The first-order valence-corrected chi connectivity index (χ1v) is 24.2. The van der Waals surface area contributed by atoms with Crippen molar-refractivity contribution < 1.29 is 43.5 Å². The van der Waals surface area contributed by atoms with Crippen LogP contribution >= 0.6 is 0 Å². The van der Waals surface area contributed by atoms with Gasteiger partial charge in [-0.1, -0.05) is 80.6 Å². The molecule has 2 aromatic carbocycles. The third kappa shape index (κ3) is 15.3. The Kier molecular flexibility index (Phi) is 18.9. The lowest BCUT2D eigenvalue weighted by Crippen LogP contribution is -2.60. The molecule has 372 valence electrons. The lowest BCUT2D eigenvalue weighted by molar-refractivity contribution is -0.143. The quantitative estimate of drug-likeness (QED) is 0.0552. The van der Waals surface area contributed by atoms with Gasteiger partial charge in [-0.3, -0.25) is 43.3 Å². The van der Waals surface area contributed by atoms with Gasteiger partial charge in [-0.2, -0.15) is 0 Å². The number of carbonyl (C=O) groups is 8. The number of fused-ring (bicyclic) bond motifs is 2. The van der Waals surface area contributed by atoms with Crippen molar-refractivity contribution >= 4 is 64.2 Å². The summed E-state index contributed by atoms with van der Waals surface area (Å²) in [6.07, 6.45) is 7.42.